The molecule has 1 aromatic carbocycles. The lowest BCUT2D eigenvalue weighted by atomic mass is 10.2. The van der Waals surface area contributed by atoms with Crippen molar-refractivity contribution in [1.82, 2.24) is 9.88 Å². The van der Waals surface area contributed by atoms with Crippen molar-refractivity contribution >= 4 is 29.6 Å². The lowest BCUT2D eigenvalue weighted by Gasteiger charge is -2.16. The first kappa shape index (κ1) is 20.7. The molecule has 0 bridgehead atoms. The van der Waals surface area contributed by atoms with Gasteiger partial charge in [-0.25, -0.2) is 14.6 Å². The fourth-order valence-electron chi connectivity index (χ4n) is 2.64. The van der Waals surface area contributed by atoms with E-state index in [2.05, 4.69) is 4.98 Å². The molecule has 1 aromatic heterocycles. The number of aromatic nitrogens is 1. The summed E-state index contributed by atoms with van der Waals surface area (Å²) in [6, 6.07) is 9.22. The second-order valence-corrected chi connectivity index (χ2v) is 6.99. The second kappa shape index (κ2) is 9.42. The first-order valence-electron chi connectivity index (χ1n) is 9.01. The zero-order valence-electron chi connectivity index (χ0n) is 16.0. The number of nitrogens with zero attached hydrogens (tertiary/aromatic N) is 2. The second-order valence-electron chi connectivity index (χ2n) is 5.99. The third-order valence-corrected chi connectivity index (χ3v) is 5.02. The number of ether oxygens (including phenoxy) is 2. The predicted molar refractivity (Wildman–Crippen MR) is 106 cm³/mol. The minimum Gasteiger partial charge on any atom is -0.463 e. The summed E-state index contributed by atoms with van der Waals surface area (Å²) in [6.07, 6.45) is 1.27. The molecule has 0 aliphatic carbocycles. The van der Waals surface area contributed by atoms with Crippen LogP contribution in [-0.4, -0.2) is 53.2 Å². The number of carbonyl (C=O) groups is 3. The van der Waals surface area contributed by atoms with E-state index in [-0.39, 0.29) is 37.1 Å². The topological polar surface area (TPSA) is 98.9 Å². The van der Waals surface area contributed by atoms with E-state index in [1.807, 2.05) is 30.3 Å². The number of benzene rings is 1. The van der Waals surface area contributed by atoms with Crippen LogP contribution in [-0.2, 0) is 19.1 Å². The van der Waals surface area contributed by atoms with Crippen LogP contribution in [0.4, 0.5) is 0 Å². The molecule has 1 saturated heterocycles. The van der Waals surface area contributed by atoms with Crippen LogP contribution >= 0.6 is 11.8 Å². The van der Waals surface area contributed by atoms with Crippen LogP contribution in [0.1, 0.15) is 23.2 Å². The van der Waals surface area contributed by atoms with Gasteiger partial charge in [-0.3, -0.25) is 4.79 Å². The number of hydrogen-bond donors (Lipinski definition) is 0. The molecule has 1 fully saturated rings. The highest BCUT2D eigenvalue weighted by molar-refractivity contribution is 8.04. The molecule has 0 radical (unpaired) electrons. The molecule has 1 aliphatic rings. The summed E-state index contributed by atoms with van der Waals surface area (Å²) in [5, 5.41) is 0.480. The Morgan fingerprint density at radius 3 is 2.76 bits per heavy atom. The lowest BCUT2D eigenvalue weighted by Crippen LogP contribution is -2.29. The standard InChI is InChI=1S/C20H20N2O6S/c1-3-26-17(24)11-16-22(15(23)12-29-16)9-10-27-20(25)18-13(2)28-19(21-18)14-7-5-4-6-8-14/h4-8,11H,3,9-10,12H2,1-2H3/b16-11-. The number of amides is 1. The average Bonchev–Trinajstić information content (AvgIpc) is 3.26. The molecule has 0 N–H and O–H groups in total. The Balaban J connectivity index is 1.60. The van der Waals surface area contributed by atoms with Gasteiger partial charge in [-0.1, -0.05) is 30.0 Å². The molecule has 0 atom stereocenters. The van der Waals surface area contributed by atoms with Gasteiger partial charge >= 0.3 is 11.9 Å². The van der Waals surface area contributed by atoms with Gasteiger partial charge in [0.2, 0.25) is 11.8 Å². The van der Waals surface area contributed by atoms with E-state index in [0.29, 0.717) is 16.7 Å². The molecule has 2 aromatic rings. The van der Waals surface area contributed by atoms with Gasteiger partial charge in [0.05, 0.1) is 30.0 Å². The van der Waals surface area contributed by atoms with Crippen LogP contribution in [0.5, 0.6) is 0 Å². The molecule has 0 unspecified atom stereocenters. The monoisotopic (exact) mass is 416 g/mol. The molecular weight excluding hydrogens is 396 g/mol. The molecule has 0 saturated carbocycles. The molecule has 29 heavy (non-hydrogen) atoms. The predicted octanol–water partition coefficient (Wildman–Crippen LogP) is 2.79. The smallest absolute Gasteiger partial charge is 0.360 e. The van der Waals surface area contributed by atoms with Crippen LogP contribution in [0.15, 0.2) is 45.9 Å². The Kier molecular flexibility index (Phi) is 6.71. The molecule has 0 spiro atoms. The summed E-state index contributed by atoms with van der Waals surface area (Å²) in [7, 11) is 0. The molecule has 8 nitrogen and oxygen atoms in total. The normalized spacial score (nSPS) is 15.0. The summed E-state index contributed by atoms with van der Waals surface area (Å²) in [4.78, 5) is 41.6. The van der Waals surface area contributed by atoms with E-state index in [9.17, 15) is 14.4 Å². The van der Waals surface area contributed by atoms with Crippen molar-refractivity contribution < 1.29 is 28.3 Å². The fraction of sp³-hybridized carbons (Fsp3) is 0.300. The fourth-order valence-corrected chi connectivity index (χ4v) is 3.60. The van der Waals surface area contributed by atoms with Crippen LogP contribution in [0.2, 0.25) is 0 Å². The number of rotatable bonds is 7. The highest BCUT2D eigenvalue weighted by Crippen LogP contribution is 2.28. The van der Waals surface area contributed by atoms with Crippen molar-refractivity contribution in [2.45, 2.75) is 13.8 Å². The maximum Gasteiger partial charge on any atom is 0.360 e. The zero-order valence-corrected chi connectivity index (χ0v) is 16.9. The summed E-state index contributed by atoms with van der Waals surface area (Å²) in [6.45, 7) is 3.68. The number of oxazole rings is 1. The van der Waals surface area contributed by atoms with Crippen LogP contribution in [0.3, 0.4) is 0 Å². The zero-order chi connectivity index (χ0) is 20.8. The molecule has 2 heterocycles. The van der Waals surface area contributed by atoms with E-state index in [1.54, 1.807) is 13.8 Å². The Bertz CT molecular complexity index is 938. The maximum absolute atomic E-state index is 12.4. The molecule has 152 valence electrons. The maximum atomic E-state index is 12.4. The van der Waals surface area contributed by atoms with E-state index in [0.717, 1.165) is 5.56 Å². The highest BCUT2D eigenvalue weighted by atomic mass is 32.2. The van der Waals surface area contributed by atoms with Crippen LogP contribution in [0, 0.1) is 6.92 Å². The third kappa shape index (κ3) is 5.05. The first-order valence-corrected chi connectivity index (χ1v) is 9.99. The van der Waals surface area contributed by atoms with Crippen molar-refractivity contribution in [3.8, 4) is 11.5 Å². The molecule has 3 rings (SSSR count). The van der Waals surface area contributed by atoms with Crippen LogP contribution < -0.4 is 0 Å². The average molecular weight is 416 g/mol. The van der Waals surface area contributed by atoms with Crippen molar-refractivity contribution in [1.29, 1.82) is 0 Å². The highest BCUT2D eigenvalue weighted by Gasteiger charge is 2.28. The number of hydrogen-bond acceptors (Lipinski definition) is 8. The van der Waals surface area contributed by atoms with Crippen molar-refractivity contribution in [2.75, 3.05) is 25.5 Å². The molecule has 1 amide bonds. The largest absolute Gasteiger partial charge is 0.463 e. The summed E-state index contributed by atoms with van der Waals surface area (Å²) >= 11 is 1.24. The van der Waals surface area contributed by atoms with Gasteiger partial charge in [-0.05, 0) is 26.0 Å². The van der Waals surface area contributed by atoms with Gasteiger partial charge in [0.1, 0.15) is 12.4 Å². The number of esters is 2. The first-order chi connectivity index (χ1) is 14.0. The van der Waals surface area contributed by atoms with Crippen molar-refractivity contribution in [2.24, 2.45) is 0 Å². The van der Waals surface area contributed by atoms with Gasteiger partial charge in [-0.2, -0.15) is 0 Å². The summed E-state index contributed by atoms with van der Waals surface area (Å²) < 4.78 is 15.7. The van der Waals surface area contributed by atoms with Crippen molar-refractivity contribution in [3.63, 3.8) is 0 Å². The van der Waals surface area contributed by atoms with E-state index in [4.69, 9.17) is 13.9 Å². The van der Waals surface area contributed by atoms with Gasteiger partial charge < -0.3 is 18.8 Å². The van der Waals surface area contributed by atoms with Crippen molar-refractivity contribution in [3.05, 3.63) is 52.9 Å². The Hall–Kier alpha value is -3.07. The van der Waals surface area contributed by atoms with Gasteiger partial charge in [0, 0.05) is 5.56 Å². The molecular formula is C20H20N2O6S. The van der Waals surface area contributed by atoms with E-state index >= 15 is 0 Å². The molecule has 1 aliphatic heterocycles. The molecule has 9 heteroatoms. The van der Waals surface area contributed by atoms with Gasteiger partial charge in [0.15, 0.2) is 5.69 Å². The lowest BCUT2D eigenvalue weighted by molar-refractivity contribution is -0.137. The summed E-state index contributed by atoms with van der Waals surface area (Å²) in [5.41, 5.74) is 0.844. The Morgan fingerprint density at radius 1 is 1.28 bits per heavy atom. The van der Waals surface area contributed by atoms with E-state index < -0.39 is 11.9 Å². The number of aryl methyl sites for hydroxylation is 1. The Morgan fingerprint density at radius 2 is 2.03 bits per heavy atom. The van der Waals surface area contributed by atoms with Crippen LogP contribution in [0.25, 0.3) is 11.5 Å². The van der Waals surface area contributed by atoms with Gasteiger partial charge in [-0.15, -0.1) is 0 Å². The minimum atomic E-state index is -0.636. The SMILES string of the molecule is CCOC(=O)/C=C1\SCC(=O)N1CCOC(=O)c1nc(-c2ccccc2)oc1C. The quantitative estimate of drug-likeness (QED) is 0.502. The minimum absolute atomic E-state index is 0.0434. The third-order valence-electron chi connectivity index (χ3n) is 4.00. The van der Waals surface area contributed by atoms with Gasteiger partial charge in [0.25, 0.3) is 0 Å². The Labute approximate surface area is 171 Å². The van der Waals surface area contributed by atoms with E-state index in [1.165, 1.54) is 22.7 Å². The number of thioether (sulfide) groups is 1. The number of carbonyl (C=O) groups excluding carboxylic acids is 3. The summed E-state index contributed by atoms with van der Waals surface area (Å²) in [5.74, 6) is -0.403.